The molecule has 8 nitrogen and oxygen atoms in total. The lowest BCUT2D eigenvalue weighted by Gasteiger charge is -2.32. The molecule has 0 saturated carbocycles. The van der Waals surface area contributed by atoms with Gasteiger partial charge in [0.15, 0.2) is 11.5 Å². The van der Waals surface area contributed by atoms with E-state index in [1.54, 1.807) is 30.5 Å². The third-order valence-electron chi connectivity index (χ3n) is 6.01. The molecule has 1 spiro atoms. The minimum Gasteiger partial charge on any atom is -0.455 e. The van der Waals surface area contributed by atoms with Crippen molar-refractivity contribution < 1.29 is 31.9 Å². The average molecular weight is 456 g/mol. The van der Waals surface area contributed by atoms with Gasteiger partial charge in [-0.25, -0.2) is 4.99 Å². The number of nitrogens with zero attached hydrogens (tertiary/aromatic N) is 3. The molecule has 0 saturated heterocycles. The lowest BCUT2D eigenvalue weighted by atomic mass is 9.72. The quantitative estimate of drug-likeness (QED) is 0.632. The summed E-state index contributed by atoms with van der Waals surface area (Å²) in [5, 5.41) is 0. The number of ether oxygens (including phenoxy) is 2. The van der Waals surface area contributed by atoms with Crippen LogP contribution in [0.25, 0.3) is 0 Å². The van der Waals surface area contributed by atoms with Gasteiger partial charge in [-0.3, -0.25) is 9.78 Å². The van der Waals surface area contributed by atoms with E-state index < -0.39 is 17.4 Å². The van der Waals surface area contributed by atoms with Gasteiger partial charge in [0.05, 0.1) is 23.6 Å². The average Bonchev–Trinajstić information content (AvgIpc) is 3.48. The number of halogens is 3. The number of pyridine rings is 1. The van der Waals surface area contributed by atoms with Gasteiger partial charge in [0.2, 0.25) is 18.5 Å². The summed E-state index contributed by atoms with van der Waals surface area (Å²) in [7, 11) is 0. The molecule has 0 aliphatic carbocycles. The summed E-state index contributed by atoms with van der Waals surface area (Å²) < 4.78 is 54.9. The molecular weight excluding hydrogens is 441 g/mol. The first kappa shape index (κ1) is 19.6. The predicted molar refractivity (Wildman–Crippen MR) is 108 cm³/mol. The highest BCUT2D eigenvalue weighted by Crippen LogP contribution is 2.54. The van der Waals surface area contributed by atoms with Gasteiger partial charge in [0, 0.05) is 24.2 Å². The van der Waals surface area contributed by atoms with Crippen molar-refractivity contribution in [1.82, 2.24) is 4.98 Å². The molecule has 3 aromatic rings. The fourth-order valence-corrected chi connectivity index (χ4v) is 4.64. The maximum Gasteiger partial charge on any atom is 0.449 e. The lowest BCUT2D eigenvalue weighted by molar-refractivity contribution is -0.153. The van der Waals surface area contributed by atoms with E-state index in [2.05, 4.69) is 9.98 Å². The van der Waals surface area contributed by atoms with Gasteiger partial charge >= 0.3 is 6.18 Å². The van der Waals surface area contributed by atoms with E-state index in [1.807, 2.05) is 0 Å². The van der Waals surface area contributed by atoms with Crippen LogP contribution >= 0.6 is 0 Å². The molecule has 33 heavy (non-hydrogen) atoms. The Labute approximate surface area is 184 Å². The summed E-state index contributed by atoms with van der Waals surface area (Å²) in [4.78, 5) is 24.3. The van der Waals surface area contributed by atoms with Crippen molar-refractivity contribution in [2.24, 2.45) is 10.7 Å². The summed E-state index contributed by atoms with van der Waals surface area (Å²) in [6, 6.07) is 8.75. The molecule has 6 rings (SSSR count). The maximum atomic E-state index is 14.0. The van der Waals surface area contributed by atoms with E-state index in [-0.39, 0.29) is 37.3 Å². The van der Waals surface area contributed by atoms with Gasteiger partial charge in [-0.05, 0) is 30.3 Å². The number of benzene rings is 1. The van der Waals surface area contributed by atoms with Crippen molar-refractivity contribution in [3.8, 4) is 11.5 Å². The van der Waals surface area contributed by atoms with E-state index >= 15 is 0 Å². The van der Waals surface area contributed by atoms with E-state index in [4.69, 9.17) is 19.6 Å². The van der Waals surface area contributed by atoms with Gasteiger partial charge in [-0.2, -0.15) is 13.2 Å². The number of fused-ring (bicyclic) bond motifs is 5. The van der Waals surface area contributed by atoms with Gasteiger partial charge in [0.25, 0.3) is 0 Å². The second-order valence-electron chi connectivity index (χ2n) is 7.93. The first-order valence-electron chi connectivity index (χ1n) is 9.98. The molecule has 168 valence electrons. The molecule has 2 aromatic heterocycles. The Morgan fingerprint density at radius 1 is 1.15 bits per heavy atom. The molecule has 3 aliphatic heterocycles. The number of carbonyl (C=O) groups excluding carboxylic acids is 1. The van der Waals surface area contributed by atoms with Crippen LogP contribution < -0.4 is 20.1 Å². The molecule has 3 aliphatic rings. The van der Waals surface area contributed by atoms with Crippen LogP contribution in [0.3, 0.4) is 0 Å². The third-order valence-corrected chi connectivity index (χ3v) is 6.01. The molecule has 1 unspecified atom stereocenters. The van der Waals surface area contributed by atoms with Crippen LogP contribution in [0.4, 0.5) is 24.5 Å². The minimum absolute atomic E-state index is 0.00844. The van der Waals surface area contributed by atoms with Crippen molar-refractivity contribution in [3.05, 3.63) is 65.4 Å². The lowest BCUT2D eigenvalue weighted by Crippen LogP contribution is -2.45. The summed E-state index contributed by atoms with van der Waals surface area (Å²) in [5.74, 6) is -0.345. The number of amidine groups is 1. The summed E-state index contributed by atoms with van der Waals surface area (Å²) >= 11 is 0. The fourth-order valence-electron chi connectivity index (χ4n) is 4.64. The normalized spacial score (nSPS) is 20.8. The van der Waals surface area contributed by atoms with Crippen LogP contribution in [0.15, 0.2) is 52.0 Å². The molecule has 11 heteroatoms. The monoisotopic (exact) mass is 456 g/mol. The van der Waals surface area contributed by atoms with Crippen LogP contribution in [0.1, 0.15) is 29.2 Å². The van der Waals surface area contributed by atoms with Crippen LogP contribution in [-0.4, -0.2) is 23.5 Å². The minimum atomic E-state index is -4.62. The summed E-state index contributed by atoms with van der Waals surface area (Å²) in [5.41, 5.74) is 6.75. The molecule has 5 heterocycles. The molecule has 0 bridgehead atoms. The number of carbonyl (C=O) groups is 1. The number of anilines is 1. The zero-order chi connectivity index (χ0) is 23.0. The fraction of sp³-hybridized carbons (Fsp3) is 0.227. The third kappa shape index (κ3) is 2.74. The Balaban J connectivity index is 1.49. The SMILES string of the molecule is NC1=Nc2cc3c(cc2C2(C1)C(=O)N(Cc1ccc(C(F)(F)F)o1)c1cccnc12)OCO3. The number of aliphatic imine (C=N–C) groups is 1. The molecular formula is C22H15F3N4O4. The highest BCUT2D eigenvalue weighted by Gasteiger charge is 2.56. The second kappa shape index (κ2) is 6.50. The van der Waals surface area contributed by atoms with Crippen molar-refractivity contribution >= 4 is 23.1 Å². The molecule has 0 fully saturated rings. The van der Waals surface area contributed by atoms with Gasteiger partial charge in [0.1, 0.15) is 17.0 Å². The number of amides is 1. The van der Waals surface area contributed by atoms with Crippen LogP contribution in [0, 0.1) is 0 Å². The van der Waals surface area contributed by atoms with Crippen molar-refractivity contribution in [2.75, 3.05) is 11.7 Å². The van der Waals surface area contributed by atoms with Crippen LogP contribution in [0.5, 0.6) is 11.5 Å². The second-order valence-corrected chi connectivity index (χ2v) is 7.93. The Bertz CT molecular complexity index is 1350. The molecule has 0 radical (unpaired) electrons. The highest BCUT2D eigenvalue weighted by molar-refractivity contribution is 6.14. The molecule has 1 atom stereocenters. The van der Waals surface area contributed by atoms with E-state index in [1.165, 1.54) is 11.0 Å². The first-order valence-corrected chi connectivity index (χ1v) is 9.98. The Hall–Kier alpha value is -4.02. The predicted octanol–water partition coefficient (Wildman–Crippen LogP) is 3.65. The number of nitrogens with two attached hydrogens (primary N) is 1. The number of furan rings is 1. The Morgan fingerprint density at radius 2 is 1.94 bits per heavy atom. The van der Waals surface area contributed by atoms with Gasteiger partial charge in [-0.15, -0.1) is 0 Å². The maximum absolute atomic E-state index is 14.0. The van der Waals surface area contributed by atoms with Crippen molar-refractivity contribution in [2.45, 2.75) is 24.6 Å². The highest BCUT2D eigenvalue weighted by atomic mass is 19.4. The number of hydrogen-bond acceptors (Lipinski definition) is 7. The largest absolute Gasteiger partial charge is 0.455 e. The topological polar surface area (TPSA) is 103 Å². The number of alkyl halides is 3. The van der Waals surface area contributed by atoms with E-state index in [9.17, 15) is 18.0 Å². The Kier molecular flexibility index (Phi) is 3.87. The Morgan fingerprint density at radius 3 is 2.70 bits per heavy atom. The summed E-state index contributed by atoms with van der Waals surface area (Å²) in [6.45, 7) is -0.161. The first-order chi connectivity index (χ1) is 15.8. The number of aromatic nitrogens is 1. The van der Waals surface area contributed by atoms with Gasteiger partial charge in [-0.1, -0.05) is 0 Å². The summed E-state index contributed by atoms with van der Waals surface area (Å²) in [6.07, 6.45) is -3.00. The smallest absolute Gasteiger partial charge is 0.449 e. The molecule has 1 amide bonds. The molecule has 2 N–H and O–H groups in total. The standard InChI is InChI=1S/C22H15F3N4O4/c23-22(24,25)17-4-3-11(33-17)9-29-14-2-1-5-27-19(14)21(20(29)30)8-18(26)28-13-7-16-15(6-12(13)21)31-10-32-16/h1-7H,8-10H2,(H2,26,28). The van der Waals surface area contributed by atoms with Gasteiger partial charge < -0.3 is 24.5 Å². The van der Waals surface area contributed by atoms with Crippen LogP contribution in [-0.2, 0) is 22.9 Å². The van der Waals surface area contributed by atoms with Crippen LogP contribution in [0.2, 0.25) is 0 Å². The zero-order valence-corrected chi connectivity index (χ0v) is 16.8. The van der Waals surface area contributed by atoms with Crippen molar-refractivity contribution in [1.29, 1.82) is 0 Å². The molecule has 1 aromatic carbocycles. The zero-order valence-electron chi connectivity index (χ0n) is 16.8. The number of hydrogen-bond donors (Lipinski definition) is 1. The van der Waals surface area contributed by atoms with Crippen molar-refractivity contribution in [3.63, 3.8) is 0 Å². The number of rotatable bonds is 2. The van der Waals surface area contributed by atoms with E-state index in [0.29, 0.717) is 34.1 Å². The van der Waals surface area contributed by atoms with E-state index in [0.717, 1.165) is 6.07 Å².